The summed E-state index contributed by atoms with van der Waals surface area (Å²) in [6, 6.07) is 9.91. The van der Waals surface area contributed by atoms with Crippen LogP contribution in [0.3, 0.4) is 0 Å². The molecule has 154 valence electrons. The minimum atomic E-state index is -0.655. The summed E-state index contributed by atoms with van der Waals surface area (Å²) in [6.07, 6.45) is 1.70. The molecule has 7 heteroatoms. The van der Waals surface area contributed by atoms with Crippen LogP contribution in [0.5, 0.6) is 0 Å². The molecule has 3 unspecified atom stereocenters. The highest BCUT2D eigenvalue weighted by molar-refractivity contribution is 5.94. The zero-order chi connectivity index (χ0) is 20.4. The molecule has 3 atom stereocenters. The zero-order valence-electron chi connectivity index (χ0n) is 16.7. The van der Waals surface area contributed by atoms with Crippen molar-refractivity contribution in [1.82, 2.24) is 16.0 Å². The van der Waals surface area contributed by atoms with Gasteiger partial charge in [-0.15, -0.1) is 0 Å². The molecule has 3 N–H and O–H groups in total. The largest absolute Gasteiger partial charge is 0.451 e. The SMILES string of the molecule is CCC(C)C1C(=O)OC1C(=O)NCCCCNC(=O)CNCc1ccccc1. The van der Waals surface area contributed by atoms with Crippen molar-refractivity contribution < 1.29 is 19.1 Å². The number of amides is 2. The van der Waals surface area contributed by atoms with Crippen molar-refractivity contribution >= 4 is 17.8 Å². The molecule has 1 aliphatic rings. The van der Waals surface area contributed by atoms with Crippen LogP contribution < -0.4 is 16.0 Å². The lowest BCUT2D eigenvalue weighted by Gasteiger charge is -2.37. The maximum Gasteiger partial charge on any atom is 0.314 e. The molecule has 1 aromatic carbocycles. The van der Waals surface area contributed by atoms with Crippen molar-refractivity contribution in [1.29, 1.82) is 0 Å². The lowest BCUT2D eigenvalue weighted by atomic mass is 9.83. The molecule has 0 aromatic heterocycles. The molecule has 1 fully saturated rings. The number of unbranched alkanes of at least 4 members (excludes halogenated alkanes) is 1. The molecule has 1 heterocycles. The zero-order valence-corrected chi connectivity index (χ0v) is 16.7. The molecular formula is C21H31N3O4. The Morgan fingerprint density at radius 3 is 2.43 bits per heavy atom. The third-order valence-electron chi connectivity index (χ3n) is 5.04. The Morgan fingerprint density at radius 2 is 1.79 bits per heavy atom. The summed E-state index contributed by atoms with van der Waals surface area (Å²) in [5.74, 6) is -0.731. The molecule has 2 rings (SSSR count). The summed E-state index contributed by atoms with van der Waals surface area (Å²) < 4.78 is 5.00. The Balaban J connectivity index is 1.49. The minimum Gasteiger partial charge on any atom is -0.451 e. The van der Waals surface area contributed by atoms with Gasteiger partial charge in [-0.05, 0) is 24.3 Å². The Kier molecular flexibility index (Phi) is 8.94. The number of esters is 1. The van der Waals surface area contributed by atoms with E-state index in [1.165, 1.54) is 0 Å². The lowest BCUT2D eigenvalue weighted by Crippen LogP contribution is -2.56. The number of hydrogen-bond acceptors (Lipinski definition) is 5. The first-order valence-corrected chi connectivity index (χ1v) is 10.0. The van der Waals surface area contributed by atoms with Crippen molar-refractivity contribution in [3.8, 4) is 0 Å². The third-order valence-corrected chi connectivity index (χ3v) is 5.04. The van der Waals surface area contributed by atoms with Gasteiger partial charge in [-0.25, -0.2) is 0 Å². The van der Waals surface area contributed by atoms with Crippen molar-refractivity contribution in [2.24, 2.45) is 11.8 Å². The first-order chi connectivity index (χ1) is 13.5. The number of hydrogen-bond donors (Lipinski definition) is 3. The predicted molar refractivity (Wildman–Crippen MR) is 106 cm³/mol. The van der Waals surface area contributed by atoms with Crippen LogP contribution >= 0.6 is 0 Å². The van der Waals surface area contributed by atoms with E-state index < -0.39 is 6.10 Å². The van der Waals surface area contributed by atoms with Gasteiger partial charge < -0.3 is 20.7 Å². The second-order valence-corrected chi connectivity index (χ2v) is 7.21. The first-order valence-electron chi connectivity index (χ1n) is 10.0. The standard InChI is InChI=1S/C21H31N3O4/c1-3-15(2)18-19(28-21(18)27)20(26)24-12-8-7-11-23-17(25)14-22-13-16-9-5-4-6-10-16/h4-6,9-10,15,18-19,22H,3,7-8,11-14H2,1-2H3,(H,23,25)(H,24,26). The van der Waals surface area contributed by atoms with Crippen LogP contribution in [0, 0.1) is 11.8 Å². The monoisotopic (exact) mass is 389 g/mol. The molecule has 1 aliphatic heterocycles. The summed E-state index contributed by atoms with van der Waals surface area (Å²) in [6.45, 7) is 5.96. The number of carbonyl (C=O) groups is 3. The van der Waals surface area contributed by atoms with E-state index in [4.69, 9.17) is 4.74 Å². The highest BCUT2D eigenvalue weighted by Gasteiger charge is 2.49. The Morgan fingerprint density at radius 1 is 1.11 bits per heavy atom. The van der Waals surface area contributed by atoms with E-state index in [0.717, 1.165) is 24.8 Å². The van der Waals surface area contributed by atoms with Crippen LogP contribution in [-0.2, 0) is 25.7 Å². The Bertz CT molecular complexity index is 650. The summed E-state index contributed by atoms with van der Waals surface area (Å²) in [5.41, 5.74) is 1.14. The molecule has 28 heavy (non-hydrogen) atoms. The number of cyclic esters (lactones) is 1. The lowest BCUT2D eigenvalue weighted by molar-refractivity contribution is -0.193. The highest BCUT2D eigenvalue weighted by Crippen LogP contribution is 2.31. The molecule has 0 saturated carbocycles. The highest BCUT2D eigenvalue weighted by atomic mass is 16.6. The molecule has 1 saturated heterocycles. The number of rotatable bonds is 12. The molecule has 1 aromatic rings. The van der Waals surface area contributed by atoms with Crippen LogP contribution in [0.15, 0.2) is 30.3 Å². The maximum absolute atomic E-state index is 12.1. The Hall–Kier alpha value is -2.41. The molecular weight excluding hydrogens is 358 g/mol. The predicted octanol–water partition coefficient (Wildman–Crippen LogP) is 1.38. The van der Waals surface area contributed by atoms with Crippen molar-refractivity contribution in [3.63, 3.8) is 0 Å². The van der Waals surface area contributed by atoms with Crippen LogP contribution in [0.2, 0.25) is 0 Å². The van der Waals surface area contributed by atoms with E-state index >= 15 is 0 Å². The van der Waals surface area contributed by atoms with Crippen molar-refractivity contribution in [2.45, 2.75) is 45.8 Å². The van der Waals surface area contributed by atoms with Gasteiger partial charge in [0, 0.05) is 19.6 Å². The second-order valence-electron chi connectivity index (χ2n) is 7.21. The molecule has 0 spiro atoms. The normalized spacial score (nSPS) is 19.3. The summed E-state index contributed by atoms with van der Waals surface area (Å²) >= 11 is 0. The van der Waals surface area contributed by atoms with Crippen molar-refractivity contribution in [3.05, 3.63) is 35.9 Å². The number of nitrogens with one attached hydrogen (secondary N) is 3. The van der Waals surface area contributed by atoms with Gasteiger partial charge in [0.1, 0.15) is 5.92 Å². The second kappa shape index (κ2) is 11.4. The molecule has 0 bridgehead atoms. The first kappa shape index (κ1) is 21.9. The fourth-order valence-corrected chi connectivity index (χ4v) is 3.10. The fraction of sp³-hybridized carbons (Fsp3) is 0.571. The van der Waals surface area contributed by atoms with E-state index in [-0.39, 0.29) is 36.2 Å². The average Bonchev–Trinajstić information content (AvgIpc) is 2.69. The van der Waals surface area contributed by atoms with Gasteiger partial charge in [-0.1, -0.05) is 50.6 Å². The van der Waals surface area contributed by atoms with E-state index in [0.29, 0.717) is 19.6 Å². The number of ether oxygens (including phenoxy) is 1. The van der Waals surface area contributed by atoms with Gasteiger partial charge >= 0.3 is 5.97 Å². The van der Waals surface area contributed by atoms with Gasteiger partial charge in [-0.2, -0.15) is 0 Å². The smallest absolute Gasteiger partial charge is 0.314 e. The van der Waals surface area contributed by atoms with Gasteiger partial charge in [0.15, 0.2) is 6.10 Å². The van der Waals surface area contributed by atoms with E-state index in [1.54, 1.807) is 0 Å². The number of benzene rings is 1. The minimum absolute atomic E-state index is 0.0438. The van der Waals surface area contributed by atoms with Crippen LogP contribution in [-0.4, -0.2) is 43.5 Å². The maximum atomic E-state index is 12.1. The quantitative estimate of drug-likeness (QED) is 0.371. The molecule has 0 radical (unpaired) electrons. The number of carbonyl (C=O) groups excluding carboxylic acids is 3. The third kappa shape index (κ3) is 6.64. The molecule has 2 amide bonds. The molecule has 0 aliphatic carbocycles. The van der Waals surface area contributed by atoms with Crippen LogP contribution in [0.25, 0.3) is 0 Å². The summed E-state index contributed by atoms with van der Waals surface area (Å²) in [7, 11) is 0. The van der Waals surface area contributed by atoms with Crippen molar-refractivity contribution in [2.75, 3.05) is 19.6 Å². The topological polar surface area (TPSA) is 96.5 Å². The van der Waals surface area contributed by atoms with Gasteiger partial charge in [0.25, 0.3) is 5.91 Å². The summed E-state index contributed by atoms with van der Waals surface area (Å²) in [4.78, 5) is 35.4. The van der Waals surface area contributed by atoms with E-state index in [9.17, 15) is 14.4 Å². The average molecular weight is 389 g/mol. The molecule has 7 nitrogen and oxygen atoms in total. The van der Waals surface area contributed by atoms with E-state index in [2.05, 4.69) is 16.0 Å². The van der Waals surface area contributed by atoms with Gasteiger partial charge in [0.2, 0.25) is 5.91 Å². The fourth-order valence-electron chi connectivity index (χ4n) is 3.10. The van der Waals surface area contributed by atoms with E-state index in [1.807, 2.05) is 44.2 Å². The van der Waals surface area contributed by atoms with Crippen LogP contribution in [0.4, 0.5) is 0 Å². The van der Waals surface area contributed by atoms with Gasteiger partial charge in [-0.3, -0.25) is 14.4 Å². The van der Waals surface area contributed by atoms with Crippen LogP contribution in [0.1, 0.15) is 38.7 Å². The summed E-state index contributed by atoms with van der Waals surface area (Å²) in [5, 5.41) is 8.77. The van der Waals surface area contributed by atoms with Gasteiger partial charge in [0.05, 0.1) is 6.54 Å². The Labute approximate surface area is 166 Å².